The Kier molecular flexibility index (Phi) is 22.8. The SMILES string of the molecule is CCCCCCCCCCCCCCCCC(CO)C(=O)O.[H-].[Na+]. The van der Waals surface area contributed by atoms with Gasteiger partial charge in [-0.25, -0.2) is 0 Å². The largest absolute Gasteiger partial charge is 1.00 e. The summed E-state index contributed by atoms with van der Waals surface area (Å²) >= 11 is 0. The van der Waals surface area contributed by atoms with Crippen LogP contribution in [0.25, 0.3) is 0 Å². The van der Waals surface area contributed by atoms with E-state index >= 15 is 0 Å². The molecule has 0 heterocycles. The van der Waals surface area contributed by atoms with Gasteiger partial charge in [0.2, 0.25) is 0 Å². The summed E-state index contributed by atoms with van der Waals surface area (Å²) in [6.45, 7) is 2.03. The van der Waals surface area contributed by atoms with Crippen LogP contribution in [0.5, 0.6) is 0 Å². The van der Waals surface area contributed by atoms with Gasteiger partial charge in [0.25, 0.3) is 0 Å². The van der Waals surface area contributed by atoms with Crippen LogP contribution in [0.1, 0.15) is 105 Å². The fourth-order valence-electron chi connectivity index (χ4n) is 2.88. The van der Waals surface area contributed by atoms with E-state index in [1.165, 1.54) is 77.0 Å². The van der Waals surface area contributed by atoms with Crippen LogP contribution in [-0.4, -0.2) is 22.8 Å². The molecule has 0 aromatic rings. The molecule has 0 radical (unpaired) electrons. The van der Waals surface area contributed by atoms with Crippen molar-refractivity contribution in [3.8, 4) is 0 Å². The van der Waals surface area contributed by atoms with Crippen LogP contribution in [0.3, 0.4) is 0 Å². The summed E-state index contributed by atoms with van der Waals surface area (Å²) in [6.07, 6.45) is 18.9. The van der Waals surface area contributed by atoms with Crippen molar-refractivity contribution in [2.45, 2.75) is 103 Å². The minimum atomic E-state index is -0.864. The Morgan fingerprint density at radius 1 is 0.783 bits per heavy atom. The summed E-state index contributed by atoms with van der Waals surface area (Å²) in [5, 5.41) is 17.7. The molecule has 0 rings (SSSR count). The Labute approximate surface area is 167 Å². The number of carboxylic acids is 1. The molecular weight excluding hydrogens is 299 g/mol. The number of hydrogen-bond donors (Lipinski definition) is 2. The predicted molar refractivity (Wildman–Crippen MR) is 94.3 cm³/mol. The molecule has 0 aliphatic heterocycles. The fourth-order valence-corrected chi connectivity index (χ4v) is 2.88. The van der Waals surface area contributed by atoms with Crippen molar-refractivity contribution in [1.29, 1.82) is 0 Å². The van der Waals surface area contributed by atoms with Crippen molar-refractivity contribution in [3.05, 3.63) is 0 Å². The maximum absolute atomic E-state index is 10.7. The summed E-state index contributed by atoms with van der Waals surface area (Å²) < 4.78 is 0. The third-order valence-corrected chi connectivity index (χ3v) is 4.48. The van der Waals surface area contributed by atoms with Crippen LogP contribution < -0.4 is 29.6 Å². The van der Waals surface area contributed by atoms with Gasteiger partial charge in [-0.2, -0.15) is 0 Å². The molecular formula is C19H39NaO3. The first-order valence-electron chi connectivity index (χ1n) is 9.56. The zero-order valence-electron chi connectivity index (χ0n) is 16.7. The number of carboxylic acid groups (broad SMARTS) is 1. The van der Waals surface area contributed by atoms with Gasteiger partial charge in [0.15, 0.2) is 0 Å². The molecule has 0 aliphatic carbocycles. The third kappa shape index (κ3) is 18.6. The quantitative estimate of drug-likeness (QED) is 0.317. The minimum Gasteiger partial charge on any atom is -1.00 e. The number of unbranched alkanes of at least 4 members (excludes halogenated alkanes) is 13. The zero-order chi connectivity index (χ0) is 16.5. The minimum absolute atomic E-state index is 0. The van der Waals surface area contributed by atoms with E-state index in [2.05, 4.69) is 6.92 Å². The second-order valence-electron chi connectivity index (χ2n) is 6.60. The predicted octanol–water partition coefficient (Wildman–Crippen LogP) is 2.67. The molecule has 3 nitrogen and oxygen atoms in total. The van der Waals surface area contributed by atoms with Crippen LogP contribution in [0.4, 0.5) is 0 Å². The summed E-state index contributed by atoms with van der Waals surface area (Å²) in [7, 11) is 0. The van der Waals surface area contributed by atoms with Crippen molar-refractivity contribution in [2.75, 3.05) is 6.61 Å². The van der Waals surface area contributed by atoms with Crippen molar-refractivity contribution >= 4 is 5.97 Å². The van der Waals surface area contributed by atoms with Crippen LogP contribution in [-0.2, 0) is 4.79 Å². The van der Waals surface area contributed by atoms with Crippen molar-refractivity contribution in [1.82, 2.24) is 0 Å². The molecule has 0 aromatic carbocycles. The summed E-state index contributed by atoms with van der Waals surface area (Å²) in [6, 6.07) is 0. The molecule has 2 N–H and O–H groups in total. The van der Waals surface area contributed by atoms with E-state index in [-0.39, 0.29) is 37.6 Å². The third-order valence-electron chi connectivity index (χ3n) is 4.48. The van der Waals surface area contributed by atoms with Gasteiger partial charge in [-0.15, -0.1) is 0 Å². The fraction of sp³-hybridized carbons (Fsp3) is 0.947. The molecule has 1 unspecified atom stereocenters. The molecule has 23 heavy (non-hydrogen) atoms. The molecule has 0 aliphatic rings. The number of carbonyl (C=O) groups is 1. The van der Waals surface area contributed by atoms with Gasteiger partial charge in [-0.1, -0.05) is 96.8 Å². The van der Waals surface area contributed by atoms with E-state index in [1.54, 1.807) is 0 Å². The molecule has 0 aromatic heterocycles. The van der Waals surface area contributed by atoms with Gasteiger partial charge >= 0.3 is 35.5 Å². The molecule has 1 atom stereocenters. The number of hydrogen-bond acceptors (Lipinski definition) is 2. The van der Waals surface area contributed by atoms with Crippen LogP contribution in [0.2, 0.25) is 0 Å². The van der Waals surface area contributed by atoms with Crippen molar-refractivity contribution in [3.63, 3.8) is 0 Å². The first kappa shape index (κ1) is 25.7. The van der Waals surface area contributed by atoms with Gasteiger partial charge in [0, 0.05) is 0 Å². The van der Waals surface area contributed by atoms with Gasteiger partial charge in [-0.3, -0.25) is 4.79 Å². The molecule has 4 heteroatoms. The molecule has 0 bridgehead atoms. The van der Waals surface area contributed by atoms with E-state index in [0.717, 1.165) is 12.8 Å². The molecule has 0 fully saturated rings. The summed E-state index contributed by atoms with van der Waals surface area (Å²) in [4.78, 5) is 10.7. The normalized spacial score (nSPS) is 11.9. The summed E-state index contributed by atoms with van der Waals surface area (Å²) in [5.74, 6) is -1.42. The maximum Gasteiger partial charge on any atom is 1.00 e. The van der Waals surface area contributed by atoms with Crippen molar-refractivity contribution in [2.24, 2.45) is 5.92 Å². The first-order chi connectivity index (χ1) is 10.7. The number of aliphatic carboxylic acids is 1. The molecule has 134 valence electrons. The van der Waals surface area contributed by atoms with Crippen molar-refractivity contribution < 1.29 is 46.0 Å². The van der Waals surface area contributed by atoms with Gasteiger partial charge in [-0.05, 0) is 6.42 Å². The van der Waals surface area contributed by atoms with E-state index in [1.807, 2.05) is 0 Å². The van der Waals surface area contributed by atoms with E-state index < -0.39 is 11.9 Å². The Hall–Kier alpha value is 0.430. The Balaban J connectivity index is -0.00000220. The van der Waals surface area contributed by atoms with E-state index in [9.17, 15) is 4.79 Å². The maximum atomic E-state index is 10.7. The Morgan fingerprint density at radius 3 is 1.43 bits per heavy atom. The number of rotatable bonds is 17. The first-order valence-corrected chi connectivity index (χ1v) is 9.56. The van der Waals surface area contributed by atoms with Gasteiger partial charge in [0.05, 0.1) is 12.5 Å². The summed E-state index contributed by atoms with van der Waals surface area (Å²) in [5.41, 5.74) is 0. The average molecular weight is 339 g/mol. The van der Waals surface area contributed by atoms with Crippen LogP contribution in [0.15, 0.2) is 0 Å². The average Bonchev–Trinajstić information content (AvgIpc) is 2.51. The molecule has 0 amide bonds. The second kappa shape index (κ2) is 20.5. The molecule has 0 spiro atoms. The Morgan fingerprint density at radius 2 is 1.13 bits per heavy atom. The van der Waals surface area contributed by atoms with Crippen LogP contribution >= 0.6 is 0 Å². The van der Waals surface area contributed by atoms with Crippen LogP contribution in [0, 0.1) is 5.92 Å². The van der Waals surface area contributed by atoms with Gasteiger partial charge in [0.1, 0.15) is 0 Å². The van der Waals surface area contributed by atoms with E-state index in [4.69, 9.17) is 10.2 Å². The number of aliphatic hydroxyl groups is 1. The zero-order valence-corrected chi connectivity index (χ0v) is 17.7. The van der Waals surface area contributed by atoms with Gasteiger partial charge < -0.3 is 11.6 Å². The topological polar surface area (TPSA) is 57.5 Å². The standard InChI is InChI=1S/C19H38O3.Na.H/c1-2-3-4-5-6-7-8-9-10-11-12-13-14-15-16-18(17-20)19(21)22;;/h18,20H,2-17H2,1H3,(H,21,22);;/q;+1;-1. The van der Waals surface area contributed by atoms with E-state index in [0.29, 0.717) is 6.42 Å². The Bertz CT molecular complexity index is 253. The number of aliphatic hydroxyl groups excluding tert-OH is 1. The smallest absolute Gasteiger partial charge is 1.00 e. The monoisotopic (exact) mass is 338 g/mol. The molecule has 0 saturated heterocycles. The molecule has 0 saturated carbocycles. The second-order valence-corrected chi connectivity index (χ2v) is 6.60.